The molecule has 0 aliphatic heterocycles. The molecular formula is C7H7BrN4O. The van der Waals surface area contributed by atoms with E-state index in [-0.39, 0.29) is 5.69 Å². The number of fused-ring (bicyclic) bond motifs is 1. The van der Waals surface area contributed by atoms with Crippen LogP contribution >= 0.6 is 15.9 Å². The number of aromatic nitrogens is 4. The lowest BCUT2D eigenvalue weighted by molar-refractivity contribution is 0.797. The highest BCUT2D eigenvalue weighted by molar-refractivity contribution is 9.10. The Morgan fingerprint density at radius 1 is 1.69 bits per heavy atom. The predicted octanol–water partition coefficient (Wildman–Crippen LogP) is 0.742. The fourth-order valence-electron chi connectivity index (χ4n) is 1.07. The average molecular weight is 243 g/mol. The molecule has 0 bridgehead atoms. The number of rotatable bonds is 1. The van der Waals surface area contributed by atoms with Crippen molar-refractivity contribution in [2.24, 2.45) is 0 Å². The van der Waals surface area contributed by atoms with Gasteiger partial charge in [-0.25, -0.2) is 9.78 Å². The van der Waals surface area contributed by atoms with Crippen molar-refractivity contribution in [3.63, 3.8) is 0 Å². The van der Waals surface area contributed by atoms with Crippen LogP contribution in [-0.4, -0.2) is 19.6 Å². The SMILES string of the molecule is CCc1nc2c(Br)cnn2c(=O)[nH]1. The monoisotopic (exact) mass is 242 g/mol. The van der Waals surface area contributed by atoms with E-state index in [2.05, 4.69) is 31.0 Å². The molecule has 2 aromatic heterocycles. The molecule has 2 aromatic rings. The van der Waals surface area contributed by atoms with Gasteiger partial charge in [-0.3, -0.25) is 4.98 Å². The van der Waals surface area contributed by atoms with Crippen LogP contribution in [0, 0.1) is 0 Å². The Bertz CT molecular complexity index is 501. The highest BCUT2D eigenvalue weighted by atomic mass is 79.9. The van der Waals surface area contributed by atoms with Crippen molar-refractivity contribution in [2.45, 2.75) is 13.3 Å². The molecule has 0 saturated heterocycles. The Kier molecular flexibility index (Phi) is 1.91. The number of hydrogen-bond acceptors (Lipinski definition) is 3. The fourth-order valence-corrected chi connectivity index (χ4v) is 1.42. The van der Waals surface area contributed by atoms with E-state index >= 15 is 0 Å². The average Bonchev–Trinajstić information content (AvgIpc) is 2.48. The van der Waals surface area contributed by atoms with Crippen LogP contribution in [0.2, 0.25) is 0 Å². The second-order valence-electron chi connectivity index (χ2n) is 2.57. The van der Waals surface area contributed by atoms with E-state index in [4.69, 9.17) is 0 Å². The Morgan fingerprint density at radius 2 is 2.46 bits per heavy atom. The highest BCUT2D eigenvalue weighted by Gasteiger charge is 2.06. The van der Waals surface area contributed by atoms with Crippen molar-refractivity contribution in [1.82, 2.24) is 19.6 Å². The van der Waals surface area contributed by atoms with Gasteiger partial charge < -0.3 is 0 Å². The standard InChI is InChI=1S/C7H7BrN4O/c1-2-5-10-6-4(8)3-9-12(6)7(13)11-5/h3H,2H2,1H3,(H,10,11,13). The summed E-state index contributed by atoms with van der Waals surface area (Å²) >= 11 is 3.27. The van der Waals surface area contributed by atoms with Gasteiger partial charge in [-0.15, -0.1) is 0 Å². The first kappa shape index (κ1) is 8.43. The maximum absolute atomic E-state index is 11.4. The van der Waals surface area contributed by atoms with Crippen molar-refractivity contribution in [1.29, 1.82) is 0 Å². The normalized spacial score (nSPS) is 10.9. The van der Waals surface area contributed by atoms with E-state index in [1.165, 1.54) is 4.52 Å². The summed E-state index contributed by atoms with van der Waals surface area (Å²) in [4.78, 5) is 18.2. The van der Waals surface area contributed by atoms with Gasteiger partial charge in [0.1, 0.15) is 5.82 Å². The van der Waals surface area contributed by atoms with Crippen LogP contribution in [0.5, 0.6) is 0 Å². The lowest BCUT2D eigenvalue weighted by Crippen LogP contribution is -2.20. The molecule has 0 radical (unpaired) electrons. The van der Waals surface area contributed by atoms with Crippen LogP contribution in [0.15, 0.2) is 15.5 Å². The number of aryl methyl sites for hydroxylation is 1. The molecule has 2 rings (SSSR count). The number of halogens is 1. The summed E-state index contributed by atoms with van der Waals surface area (Å²) in [5.41, 5.74) is 0.299. The minimum absolute atomic E-state index is 0.257. The van der Waals surface area contributed by atoms with Crippen molar-refractivity contribution in [3.05, 3.63) is 27.0 Å². The van der Waals surface area contributed by atoms with Crippen molar-refractivity contribution in [2.75, 3.05) is 0 Å². The molecule has 5 nitrogen and oxygen atoms in total. The molecule has 0 saturated carbocycles. The van der Waals surface area contributed by atoms with Gasteiger partial charge >= 0.3 is 5.69 Å². The molecule has 2 heterocycles. The third-order valence-corrected chi connectivity index (χ3v) is 2.28. The molecule has 1 N–H and O–H groups in total. The number of aromatic amines is 1. The lowest BCUT2D eigenvalue weighted by Gasteiger charge is -1.96. The molecule has 0 spiro atoms. The second kappa shape index (κ2) is 2.95. The van der Waals surface area contributed by atoms with Crippen LogP contribution in [0.3, 0.4) is 0 Å². The van der Waals surface area contributed by atoms with E-state index in [1.807, 2.05) is 6.92 Å². The van der Waals surface area contributed by atoms with Crippen LogP contribution in [0.1, 0.15) is 12.7 Å². The van der Waals surface area contributed by atoms with Gasteiger partial charge in [-0.2, -0.15) is 9.61 Å². The first-order chi connectivity index (χ1) is 6.22. The molecule has 6 heteroatoms. The molecule has 0 aliphatic rings. The van der Waals surface area contributed by atoms with E-state index in [0.29, 0.717) is 17.9 Å². The summed E-state index contributed by atoms with van der Waals surface area (Å²) in [5, 5.41) is 3.86. The molecular weight excluding hydrogens is 236 g/mol. The zero-order valence-electron chi connectivity index (χ0n) is 6.91. The summed E-state index contributed by atoms with van der Waals surface area (Å²) in [7, 11) is 0. The topological polar surface area (TPSA) is 63.1 Å². The Labute approximate surface area is 81.9 Å². The zero-order valence-corrected chi connectivity index (χ0v) is 8.50. The number of H-pyrrole nitrogens is 1. The van der Waals surface area contributed by atoms with Crippen LogP contribution in [0.25, 0.3) is 5.65 Å². The van der Waals surface area contributed by atoms with E-state index in [9.17, 15) is 4.79 Å². The number of hydrogen-bond donors (Lipinski definition) is 1. The third kappa shape index (κ3) is 1.27. The first-order valence-electron chi connectivity index (χ1n) is 3.85. The summed E-state index contributed by atoms with van der Waals surface area (Å²) in [6.07, 6.45) is 2.25. The maximum atomic E-state index is 11.4. The highest BCUT2D eigenvalue weighted by Crippen LogP contribution is 2.12. The van der Waals surface area contributed by atoms with E-state index < -0.39 is 0 Å². The fraction of sp³-hybridized carbons (Fsp3) is 0.286. The van der Waals surface area contributed by atoms with Crippen LogP contribution in [0.4, 0.5) is 0 Å². The molecule has 0 unspecified atom stereocenters. The molecule has 68 valence electrons. The Morgan fingerprint density at radius 3 is 3.15 bits per heavy atom. The van der Waals surface area contributed by atoms with Crippen molar-refractivity contribution in [3.8, 4) is 0 Å². The molecule has 0 amide bonds. The lowest BCUT2D eigenvalue weighted by atomic mass is 10.4. The smallest absolute Gasteiger partial charge is 0.294 e. The van der Waals surface area contributed by atoms with Gasteiger partial charge in [0.15, 0.2) is 5.65 Å². The summed E-state index contributed by atoms with van der Waals surface area (Å²) < 4.78 is 1.96. The largest absolute Gasteiger partial charge is 0.349 e. The molecule has 0 atom stereocenters. The first-order valence-corrected chi connectivity index (χ1v) is 4.64. The zero-order chi connectivity index (χ0) is 9.42. The maximum Gasteiger partial charge on any atom is 0.349 e. The molecule has 13 heavy (non-hydrogen) atoms. The number of nitrogens with zero attached hydrogens (tertiary/aromatic N) is 3. The Balaban J connectivity index is 2.88. The minimum atomic E-state index is -0.257. The van der Waals surface area contributed by atoms with Gasteiger partial charge in [-0.05, 0) is 15.9 Å². The third-order valence-electron chi connectivity index (χ3n) is 1.72. The van der Waals surface area contributed by atoms with E-state index in [0.717, 1.165) is 4.47 Å². The second-order valence-corrected chi connectivity index (χ2v) is 3.42. The van der Waals surface area contributed by atoms with Gasteiger partial charge in [0.05, 0.1) is 10.7 Å². The van der Waals surface area contributed by atoms with Gasteiger partial charge in [-0.1, -0.05) is 6.92 Å². The van der Waals surface area contributed by atoms with Crippen molar-refractivity contribution >= 4 is 21.6 Å². The Hall–Kier alpha value is -1.17. The molecule has 0 aliphatic carbocycles. The quantitative estimate of drug-likeness (QED) is 0.803. The van der Waals surface area contributed by atoms with E-state index in [1.54, 1.807) is 6.20 Å². The summed E-state index contributed by atoms with van der Waals surface area (Å²) in [6, 6.07) is 0. The predicted molar refractivity (Wildman–Crippen MR) is 50.7 cm³/mol. The molecule has 0 fully saturated rings. The summed E-state index contributed by atoms with van der Waals surface area (Å²) in [6.45, 7) is 1.93. The van der Waals surface area contributed by atoms with Crippen molar-refractivity contribution < 1.29 is 0 Å². The number of nitrogens with one attached hydrogen (secondary N) is 1. The van der Waals surface area contributed by atoms with Crippen LogP contribution < -0.4 is 5.69 Å². The minimum Gasteiger partial charge on any atom is -0.294 e. The van der Waals surface area contributed by atoms with Crippen LogP contribution in [-0.2, 0) is 6.42 Å². The van der Waals surface area contributed by atoms with Gasteiger partial charge in [0, 0.05) is 6.42 Å². The van der Waals surface area contributed by atoms with Gasteiger partial charge in [0.2, 0.25) is 0 Å². The summed E-state index contributed by atoms with van der Waals surface area (Å²) in [5.74, 6) is 0.665. The molecule has 0 aromatic carbocycles. The van der Waals surface area contributed by atoms with Gasteiger partial charge in [0.25, 0.3) is 0 Å².